The van der Waals surface area contributed by atoms with E-state index in [1.54, 1.807) is 24.3 Å². The van der Waals surface area contributed by atoms with Gasteiger partial charge in [0.25, 0.3) is 0 Å². The smallest absolute Gasteiger partial charge is 0.234 e. The van der Waals surface area contributed by atoms with Gasteiger partial charge in [0.2, 0.25) is 5.91 Å². The van der Waals surface area contributed by atoms with E-state index in [2.05, 4.69) is 20.4 Å². The highest BCUT2D eigenvalue weighted by molar-refractivity contribution is 7.99. The second kappa shape index (κ2) is 10.5. The predicted molar refractivity (Wildman–Crippen MR) is 123 cm³/mol. The van der Waals surface area contributed by atoms with E-state index in [0.29, 0.717) is 40.6 Å². The minimum absolute atomic E-state index is 0.146. The van der Waals surface area contributed by atoms with Crippen molar-refractivity contribution in [2.75, 3.05) is 37.4 Å². The van der Waals surface area contributed by atoms with Gasteiger partial charge in [-0.15, -0.1) is 10.2 Å². The maximum absolute atomic E-state index is 12.4. The number of carbonyl (C=O) groups is 1. The molecule has 1 aliphatic rings. The van der Waals surface area contributed by atoms with E-state index in [0.717, 1.165) is 24.6 Å². The Hall–Kier alpha value is -2.10. The highest BCUT2D eigenvalue weighted by Crippen LogP contribution is 2.25. The molecule has 10 heteroatoms. The highest BCUT2D eigenvalue weighted by atomic mass is 35.5. The number of amides is 1. The topological polar surface area (TPSA) is 72.3 Å². The number of hydrogen-bond donors (Lipinski definition) is 1. The van der Waals surface area contributed by atoms with Gasteiger partial charge in [0.1, 0.15) is 0 Å². The third kappa shape index (κ3) is 5.99. The molecule has 0 saturated carbocycles. The Morgan fingerprint density at radius 3 is 2.58 bits per heavy atom. The van der Waals surface area contributed by atoms with E-state index in [1.165, 1.54) is 11.8 Å². The summed E-state index contributed by atoms with van der Waals surface area (Å²) in [4.78, 5) is 14.7. The number of thioether (sulfide) groups is 1. The van der Waals surface area contributed by atoms with E-state index < -0.39 is 0 Å². The summed E-state index contributed by atoms with van der Waals surface area (Å²) in [6.07, 6.45) is 0. The van der Waals surface area contributed by atoms with Gasteiger partial charge in [0.05, 0.1) is 25.5 Å². The summed E-state index contributed by atoms with van der Waals surface area (Å²) < 4.78 is 7.41. The average molecular weight is 478 g/mol. The van der Waals surface area contributed by atoms with Crippen LogP contribution in [0.15, 0.2) is 53.7 Å². The van der Waals surface area contributed by atoms with Crippen molar-refractivity contribution in [2.45, 2.75) is 11.7 Å². The molecule has 0 unspecified atom stereocenters. The first kappa shape index (κ1) is 22.1. The summed E-state index contributed by atoms with van der Waals surface area (Å²) in [5.74, 6) is 0.852. The molecule has 0 radical (unpaired) electrons. The number of aromatic nitrogens is 3. The molecule has 0 aliphatic carbocycles. The van der Waals surface area contributed by atoms with E-state index >= 15 is 0 Å². The van der Waals surface area contributed by atoms with Crippen molar-refractivity contribution in [3.8, 4) is 5.69 Å². The zero-order chi connectivity index (χ0) is 21.6. The van der Waals surface area contributed by atoms with E-state index in [1.807, 2.05) is 28.8 Å². The van der Waals surface area contributed by atoms with E-state index in [4.69, 9.17) is 27.9 Å². The summed E-state index contributed by atoms with van der Waals surface area (Å²) in [5.41, 5.74) is 1.56. The van der Waals surface area contributed by atoms with Crippen molar-refractivity contribution in [3.63, 3.8) is 0 Å². The van der Waals surface area contributed by atoms with Gasteiger partial charge in [-0.25, -0.2) is 0 Å². The van der Waals surface area contributed by atoms with Crippen molar-refractivity contribution in [3.05, 3.63) is 64.4 Å². The number of halogens is 2. The third-order valence-corrected chi connectivity index (χ3v) is 6.11. The van der Waals surface area contributed by atoms with Crippen LogP contribution in [0.1, 0.15) is 5.82 Å². The Labute approximate surface area is 194 Å². The van der Waals surface area contributed by atoms with Gasteiger partial charge in [-0.1, -0.05) is 41.0 Å². The van der Waals surface area contributed by atoms with Crippen LogP contribution in [0.25, 0.3) is 5.69 Å². The SMILES string of the molecule is O=C(CSc1nnc(CN2CCOCC2)n1-c1ccc(Cl)cc1)Nc1cccc(Cl)c1. The molecule has 2 aromatic carbocycles. The third-order valence-electron chi connectivity index (χ3n) is 4.69. The van der Waals surface area contributed by atoms with Crippen LogP contribution in [-0.4, -0.2) is 57.6 Å². The van der Waals surface area contributed by atoms with E-state index in [-0.39, 0.29) is 11.7 Å². The molecule has 162 valence electrons. The number of nitrogens with zero attached hydrogens (tertiary/aromatic N) is 4. The lowest BCUT2D eigenvalue weighted by Crippen LogP contribution is -2.36. The molecule has 1 saturated heterocycles. The second-order valence-corrected chi connectivity index (χ2v) is 8.76. The van der Waals surface area contributed by atoms with Crippen LogP contribution in [0.3, 0.4) is 0 Å². The first-order chi connectivity index (χ1) is 15.1. The van der Waals surface area contributed by atoms with Crippen molar-refractivity contribution >= 4 is 46.6 Å². The Morgan fingerprint density at radius 2 is 1.84 bits per heavy atom. The van der Waals surface area contributed by atoms with Crippen molar-refractivity contribution in [2.24, 2.45) is 0 Å². The van der Waals surface area contributed by atoms with Crippen LogP contribution < -0.4 is 5.32 Å². The fourth-order valence-corrected chi connectivity index (χ4v) is 4.29. The molecule has 7 nitrogen and oxygen atoms in total. The molecular weight excluding hydrogens is 457 g/mol. The van der Waals surface area contributed by atoms with Crippen LogP contribution >= 0.6 is 35.0 Å². The summed E-state index contributed by atoms with van der Waals surface area (Å²) in [6.45, 7) is 3.75. The number of benzene rings is 2. The van der Waals surface area contributed by atoms with Crippen LogP contribution in [0.2, 0.25) is 10.0 Å². The van der Waals surface area contributed by atoms with Gasteiger partial charge in [-0.3, -0.25) is 14.3 Å². The predicted octanol–water partition coefficient (Wildman–Crippen LogP) is 4.14. The minimum Gasteiger partial charge on any atom is -0.379 e. The Bertz CT molecular complexity index is 1040. The fourth-order valence-electron chi connectivity index (χ4n) is 3.20. The number of anilines is 1. The molecule has 0 atom stereocenters. The molecule has 1 fully saturated rings. The van der Waals surface area contributed by atoms with Crippen molar-refractivity contribution in [1.29, 1.82) is 0 Å². The number of hydrogen-bond acceptors (Lipinski definition) is 6. The zero-order valence-corrected chi connectivity index (χ0v) is 19.0. The quantitative estimate of drug-likeness (QED) is 0.515. The molecular formula is C21H21Cl2N5O2S. The monoisotopic (exact) mass is 477 g/mol. The Morgan fingerprint density at radius 1 is 1.06 bits per heavy atom. The molecule has 2 heterocycles. The summed E-state index contributed by atoms with van der Waals surface area (Å²) in [6, 6.07) is 14.6. The van der Waals surface area contributed by atoms with E-state index in [9.17, 15) is 4.79 Å². The van der Waals surface area contributed by atoms with Crippen LogP contribution in [0.5, 0.6) is 0 Å². The summed E-state index contributed by atoms with van der Waals surface area (Å²) in [5, 5.41) is 13.5. The fraction of sp³-hybridized carbons (Fsp3) is 0.286. The maximum Gasteiger partial charge on any atom is 0.234 e. The minimum atomic E-state index is -0.146. The summed E-state index contributed by atoms with van der Waals surface area (Å²) in [7, 11) is 0. The number of carbonyl (C=O) groups excluding carboxylic acids is 1. The Kier molecular flexibility index (Phi) is 7.47. The van der Waals surface area contributed by atoms with Crippen molar-refractivity contribution < 1.29 is 9.53 Å². The number of morpholine rings is 1. The maximum atomic E-state index is 12.4. The molecule has 0 bridgehead atoms. The number of rotatable bonds is 7. The van der Waals surface area contributed by atoms with Gasteiger partial charge < -0.3 is 10.1 Å². The molecule has 1 aliphatic heterocycles. The van der Waals surface area contributed by atoms with Gasteiger partial charge in [-0.05, 0) is 42.5 Å². The lowest BCUT2D eigenvalue weighted by molar-refractivity contribution is -0.113. The standard InChI is InChI=1S/C21H21Cl2N5O2S/c22-15-4-6-18(7-5-15)28-19(13-27-8-10-30-11-9-27)25-26-21(28)31-14-20(29)24-17-3-1-2-16(23)12-17/h1-7,12H,8-11,13-14H2,(H,24,29). The Balaban J connectivity index is 1.50. The molecule has 1 amide bonds. The highest BCUT2D eigenvalue weighted by Gasteiger charge is 2.19. The molecule has 1 aromatic heterocycles. The lowest BCUT2D eigenvalue weighted by atomic mass is 10.3. The molecule has 1 N–H and O–H groups in total. The normalized spacial score (nSPS) is 14.5. The van der Waals surface area contributed by atoms with Crippen LogP contribution in [0, 0.1) is 0 Å². The molecule has 3 aromatic rings. The zero-order valence-electron chi connectivity index (χ0n) is 16.6. The molecule has 4 rings (SSSR count). The first-order valence-corrected chi connectivity index (χ1v) is 11.5. The molecule has 0 spiro atoms. The van der Waals surface area contributed by atoms with Gasteiger partial charge in [0.15, 0.2) is 11.0 Å². The largest absolute Gasteiger partial charge is 0.379 e. The molecule has 31 heavy (non-hydrogen) atoms. The lowest BCUT2D eigenvalue weighted by Gasteiger charge is -2.26. The van der Waals surface area contributed by atoms with Gasteiger partial charge in [-0.2, -0.15) is 0 Å². The average Bonchev–Trinajstić information content (AvgIpc) is 3.16. The van der Waals surface area contributed by atoms with Gasteiger partial charge >= 0.3 is 0 Å². The first-order valence-electron chi connectivity index (χ1n) is 9.77. The number of nitrogens with one attached hydrogen (secondary N) is 1. The van der Waals surface area contributed by atoms with Crippen LogP contribution in [0.4, 0.5) is 5.69 Å². The van der Waals surface area contributed by atoms with Crippen LogP contribution in [-0.2, 0) is 16.1 Å². The van der Waals surface area contributed by atoms with Crippen molar-refractivity contribution in [1.82, 2.24) is 19.7 Å². The van der Waals surface area contributed by atoms with Gasteiger partial charge in [0, 0.05) is 34.5 Å². The second-order valence-electron chi connectivity index (χ2n) is 6.95. The number of ether oxygens (including phenoxy) is 1. The summed E-state index contributed by atoms with van der Waals surface area (Å²) >= 11 is 13.4.